The molecule has 3 rings (SSSR count). The van der Waals surface area contributed by atoms with E-state index < -0.39 is 5.91 Å². The van der Waals surface area contributed by atoms with Gasteiger partial charge in [-0.05, 0) is 35.0 Å². The SMILES string of the molecule is O=C(Nc1cccc(N(O)O)c1)c1cc2ccccc2cc1[O-]. The van der Waals surface area contributed by atoms with Gasteiger partial charge in [-0.3, -0.25) is 15.2 Å². The number of benzene rings is 3. The fraction of sp³-hybridized carbons (Fsp3) is 0. The van der Waals surface area contributed by atoms with Crippen LogP contribution in [0.4, 0.5) is 11.4 Å². The number of amides is 1. The molecule has 0 saturated heterocycles. The van der Waals surface area contributed by atoms with Gasteiger partial charge in [0.1, 0.15) is 0 Å². The number of hydrogen-bond acceptors (Lipinski definition) is 5. The third kappa shape index (κ3) is 3.08. The molecule has 6 nitrogen and oxygen atoms in total. The van der Waals surface area contributed by atoms with Crippen LogP contribution in [0.3, 0.4) is 0 Å². The Morgan fingerprint density at radius 2 is 1.65 bits per heavy atom. The zero-order valence-electron chi connectivity index (χ0n) is 11.9. The Balaban J connectivity index is 1.91. The van der Waals surface area contributed by atoms with Gasteiger partial charge in [0.2, 0.25) is 0 Å². The van der Waals surface area contributed by atoms with Gasteiger partial charge in [-0.1, -0.05) is 42.1 Å². The van der Waals surface area contributed by atoms with Crippen molar-refractivity contribution in [3.05, 3.63) is 66.2 Å². The van der Waals surface area contributed by atoms with Gasteiger partial charge in [0.25, 0.3) is 5.91 Å². The van der Waals surface area contributed by atoms with Crippen LogP contribution in [0.5, 0.6) is 5.75 Å². The number of fused-ring (bicyclic) bond motifs is 1. The monoisotopic (exact) mass is 309 g/mol. The Bertz CT molecular complexity index is 877. The maximum absolute atomic E-state index is 12.3. The number of carbonyl (C=O) groups excluding carboxylic acids is 1. The third-order valence-corrected chi connectivity index (χ3v) is 3.43. The normalized spacial score (nSPS) is 10.5. The van der Waals surface area contributed by atoms with Gasteiger partial charge >= 0.3 is 0 Å². The van der Waals surface area contributed by atoms with E-state index in [4.69, 9.17) is 10.4 Å². The minimum Gasteiger partial charge on any atom is -0.872 e. The summed E-state index contributed by atoms with van der Waals surface area (Å²) in [5.41, 5.74) is 0.454. The lowest BCUT2D eigenvalue weighted by atomic mass is 10.1. The van der Waals surface area contributed by atoms with E-state index in [1.165, 1.54) is 18.2 Å². The molecular weight excluding hydrogens is 296 g/mol. The summed E-state index contributed by atoms with van der Waals surface area (Å²) in [6, 6.07) is 16.2. The summed E-state index contributed by atoms with van der Waals surface area (Å²) in [5.74, 6) is -0.927. The molecule has 0 aromatic heterocycles. The minimum atomic E-state index is -0.555. The predicted octanol–water partition coefficient (Wildman–Crippen LogP) is 2.75. The zero-order valence-corrected chi connectivity index (χ0v) is 11.9. The van der Waals surface area contributed by atoms with Gasteiger partial charge in [-0.15, -0.1) is 5.23 Å². The average Bonchev–Trinajstić information content (AvgIpc) is 2.54. The van der Waals surface area contributed by atoms with Crippen molar-refractivity contribution >= 4 is 28.1 Å². The Kier molecular flexibility index (Phi) is 3.84. The Labute approximate surface area is 131 Å². The van der Waals surface area contributed by atoms with Crippen LogP contribution in [0.2, 0.25) is 0 Å². The zero-order chi connectivity index (χ0) is 16.4. The highest BCUT2D eigenvalue weighted by atomic mass is 16.8. The molecule has 0 saturated carbocycles. The van der Waals surface area contributed by atoms with Crippen molar-refractivity contribution in [3.8, 4) is 5.75 Å². The van der Waals surface area contributed by atoms with E-state index in [1.807, 2.05) is 18.2 Å². The molecule has 0 aliphatic carbocycles. The van der Waals surface area contributed by atoms with Crippen LogP contribution in [0.1, 0.15) is 10.4 Å². The highest BCUT2D eigenvalue weighted by Crippen LogP contribution is 2.24. The van der Waals surface area contributed by atoms with Crippen LogP contribution in [0, 0.1) is 0 Å². The molecule has 23 heavy (non-hydrogen) atoms. The maximum atomic E-state index is 12.3. The van der Waals surface area contributed by atoms with Crippen LogP contribution >= 0.6 is 0 Å². The second kappa shape index (κ2) is 5.96. The fourth-order valence-corrected chi connectivity index (χ4v) is 2.30. The number of nitrogens with zero attached hydrogens (tertiary/aromatic N) is 1. The van der Waals surface area contributed by atoms with Gasteiger partial charge in [0, 0.05) is 11.3 Å². The van der Waals surface area contributed by atoms with E-state index in [1.54, 1.807) is 24.3 Å². The van der Waals surface area contributed by atoms with Crippen LogP contribution in [-0.2, 0) is 0 Å². The summed E-state index contributed by atoms with van der Waals surface area (Å²) >= 11 is 0. The summed E-state index contributed by atoms with van der Waals surface area (Å²) in [5, 5.41) is 34.2. The molecule has 0 heterocycles. The largest absolute Gasteiger partial charge is 0.872 e. The summed E-state index contributed by atoms with van der Waals surface area (Å²) in [6.07, 6.45) is 0. The lowest BCUT2D eigenvalue weighted by Crippen LogP contribution is -2.15. The van der Waals surface area contributed by atoms with Crippen molar-refractivity contribution in [1.29, 1.82) is 0 Å². The number of anilines is 2. The summed E-state index contributed by atoms with van der Waals surface area (Å²) in [4.78, 5) is 12.3. The minimum absolute atomic E-state index is 0.0268. The first-order valence-corrected chi connectivity index (χ1v) is 6.84. The second-order valence-corrected chi connectivity index (χ2v) is 4.99. The molecule has 0 atom stereocenters. The lowest BCUT2D eigenvalue weighted by Gasteiger charge is -2.15. The van der Waals surface area contributed by atoms with Crippen molar-refractivity contribution in [2.45, 2.75) is 0 Å². The van der Waals surface area contributed by atoms with Crippen molar-refractivity contribution < 1.29 is 20.3 Å². The molecule has 116 valence electrons. The van der Waals surface area contributed by atoms with E-state index in [0.717, 1.165) is 10.8 Å². The molecule has 3 aromatic carbocycles. The second-order valence-electron chi connectivity index (χ2n) is 4.99. The number of hydrogen-bond donors (Lipinski definition) is 3. The average molecular weight is 309 g/mol. The van der Waals surface area contributed by atoms with Crippen LogP contribution in [0.15, 0.2) is 60.7 Å². The molecule has 3 N–H and O–H groups in total. The highest BCUT2D eigenvalue weighted by Gasteiger charge is 2.09. The summed E-state index contributed by atoms with van der Waals surface area (Å²) in [7, 11) is 0. The van der Waals surface area contributed by atoms with Crippen LogP contribution in [-0.4, -0.2) is 16.3 Å². The summed E-state index contributed by atoms with van der Waals surface area (Å²) in [6.45, 7) is 0. The van der Waals surface area contributed by atoms with E-state index in [9.17, 15) is 9.90 Å². The van der Waals surface area contributed by atoms with E-state index in [-0.39, 0.29) is 22.2 Å². The van der Waals surface area contributed by atoms with Gasteiger partial charge < -0.3 is 10.4 Å². The molecule has 0 fully saturated rings. The highest BCUT2D eigenvalue weighted by molar-refractivity contribution is 6.08. The van der Waals surface area contributed by atoms with Crippen molar-refractivity contribution in [3.63, 3.8) is 0 Å². The van der Waals surface area contributed by atoms with Crippen molar-refractivity contribution in [2.24, 2.45) is 0 Å². The topological polar surface area (TPSA) is 95.9 Å². The van der Waals surface area contributed by atoms with Gasteiger partial charge in [0.05, 0.1) is 5.69 Å². The standard InChI is InChI=1S/C17H14N2O4/c20-16-9-12-5-2-1-4-11(12)8-15(16)17(21)18-13-6-3-7-14(10-13)19(22)23/h1-10,20,22-23H,(H,18,21)/p-1. The molecule has 0 radical (unpaired) electrons. The number of nitrogens with one attached hydrogen (secondary N) is 1. The molecule has 0 aliphatic heterocycles. The first kappa shape index (κ1) is 14.8. The first-order chi connectivity index (χ1) is 11.0. The number of rotatable bonds is 3. The van der Waals surface area contributed by atoms with E-state index in [2.05, 4.69) is 5.32 Å². The number of carbonyl (C=O) groups is 1. The van der Waals surface area contributed by atoms with Gasteiger partial charge in [-0.2, -0.15) is 0 Å². The van der Waals surface area contributed by atoms with Crippen LogP contribution < -0.4 is 15.6 Å². The summed E-state index contributed by atoms with van der Waals surface area (Å²) < 4.78 is 0. The molecule has 0 spiro atoms. The predicted molar refractivity (Wildman–Crippen MR) is 83.8 cm³/mol. The molecule has 0 unspecified atom stereocenters. The molecule has 0 bridgehead atoms. The molecule has 6 heteroatoms. The maximum Gasteiger partial charge on any atom is 0.255 e. The third-order valence-electron chi connectivity index (χ3n) is 3.43. The van der Waals surface area contributed by atoms with Gasteiger partial charge in [-0.25, -0.2) is 0 Å². The van der Waals surface area contributed by atoms with E-state index >= 15 is 0 Å². The quantitative estimate of drug-likeness (QED) is 0.647. The smallest absolute Gasteiger partial charge is 0.255 e. The van der Waals surface area contributed by atoms with Crippen molar-refractivity contribution in [1.82, 2.24) is 0 Å². The van der Waals surface area contributed by atoms with E-state index in [0.29, 0.717) is 5.69 Å². The molecule has 1 amide bonds. The molecule has 3 aromatic rings. The van der Waals surface area contributed by atoms with Gasteiger partial charge in [0.15, 0.2) is 0 Å². The van der Waals surface area contributed by atoms with Crippen LogP contribution in [0.25, 0.3) is 10.8 Å². The lowest BCUT2D eigenvalue weighted by molar-refractivity contribution is -0.268. The van der Waals surface area contributed by atoms with Crippen molar-refractivity contribution in [2.75, 3.05) is 10.5 Å². The Morgan fingerprint density at radius 3 is 2.35 bits per heavy atom. The Morgan fingerprint density at radius 1 is 0.957 bits per heavy atom. The first-order valence-electron chi connectivity index (χ1n) is 6.84. The molecule has 0 aliphatic rings. The molecular formula is C17H13N2O4-. The Hall–Kier alpha value is -3.09. The fourth-order valence-electron chi connectivity index (χ4n) is 2.30.